The monoisotopic (exact) mass is 246 g/mol. The van der Waals surface area contributed by atoms with Gasteiger partial charge in [0.1, 0.15) is 5.25 Å². The van der Waals surface area contributed by atoms with Crippen molar-refractivity contribution in [1.29, 1.82) is 0 Å². The number of hydrogen-bond donors (Lipinski definition) is 0. The summed E-state index contributed by atoms with van der Waals surface area (Å²) in [6, 6.07) is 0. The molecule has 1 amide bonds. The first-order valence-electron chi connectivity index (χ1n) is 4.36. The van der Waals surface area contributed by atoms with Crippen LogP contribution in [0, 0.1) is 0 Å². The van der Waals surface area contributed by atoms with Crippen molar-refractivity contribution in [2.75, 3.05) is 11.4 Å². The predicted octanol–water partition coefficient (Wildman–Crippen LogP) is -0.724. The maximum Gasteiger partial charge on any atom is 0.307 e. The minimum atomic E-state index is -4.71. The third-order valence-corrected chi connectivity index (χ3v) is 3.31. The lowest BCUT2D eigenvalue weighted by Crippen LogP contribution is -2.28. The smallest absolute Gasteiger partial charge is 0.278 e. The van der Waals surface area contributed by atoms with Gasteiger partial charge in [0.15, 0.2) is 0 Å². The first-order chi connectivity index (χ1) is 7.48. The molecule has 16 heavy (non-hydrogen) atoms. The van der Waals surface area contributed by atoms with Gasteiger partial charge in [-0.05, 0) is 0 Å². The average molecular weight is 246 g/mol. The molecule has 0 radical (unpaired) electrons. The van der Waals surface area contributed by atoms with Gasteiger partial charge in [-0.25, -0.2) is 4.98 Å². The molecule has 1 aliphatic heterocycles. The van der Waals surface area contributed by atoms with Gasteiger partial charge in [0.05, 0.1) is 12.4 Å². The highest BCUT2D eigenvalue weighted by molar-refractivity contribution is 7.87. The summed E-state index contributed by atoms with van der Waals surface area (Å²) in [4.78, 5) is 16.2. The molecule has 86 valence electrons. The molecule has 1 aliphatic rings. The molecule has 1 aromatic rings. The number of halogens is 1. The van der Waals surface area contributed by atoms with E-state index >= 15 is 0 Å². The lowest BCUT2D eigenvalue weighted by atomic mass is 10.4. The summed E-state index contributed by atoms with van der Waals surface area (Å²) >= 11 is 0. The van der Waals surface area contributed by atoms with Gasteiger partial charge < -0.3 is 0 Å². The second kappa shape index (κ2) is 3.74. The first kappa shape index (κ1) is 10.9. The fraction of sp³-hybridized carbons (Fsp3) is 0.429. The van der Waals surface area contributed by atoms with Crippen molar-refractivity contribution < 1.29 is 17.1 Å². The van der Waals surface area contributed by atoms with Crippen LogP contribution in [0.2, 0.25) is 0 Å². The predicted molar refractivity (Wildman–Crippen MR) is 50.6 cm³/mol. The van der Waals surface area contributed by atoms with E-state index in [4.69, 9.17) is 0 Å². The number of rotatable bonds is 2. The fourth-order valence-electron chi connectivity index (χ4n) is 1.42. The average Bonchev–Trinajstić information content (AvgIpc) is 2.61. The molecule has 2 heterocycles. The zero-order valence-corrected chi connectivity index (χ0v) is 8.76. The molecular weight excluding hydrogens is 239 g/mol. The summed E-state index contributed by atoms with van der Waals surface area (Å²) in [5, 5.41) is 5.71. The Bertz CT molecular complexity index is 506. The van der Waals surface area contributed by atoms with Crippen molar-refractivity contribution in [3.8, 4) is 0 Å². The summed E-state index contributed by atoms with van der Waals surface area (Å²) in [6.45, 7) is -0.274. The van der Waals surface area contributed by atoms with E-state index in [1.165, 1.54) is 12.4 Å². The highest BCUT2D eigenvalue weighted by Crippen LogP contribution is 2.22. The van der Waals surface area contributed by atoms with Gasteiger partial charge in [-0.15, -0.1) is 8.98 Å². The van der Waals surface area contributed by atoms with Crippen LogP contribution in [0.4, 0.5) is 9.83 Å². The first-order valence-corrected chi connectivity index (χ1v) is 5.80. The number of hydrogen-bond acceptors (Lipinski definition) is 6. The van der Waals surface area contributed by atoms with E-state index in [0.29, 0.717) is 0 Å². The van der Waals surface area contributed by atoms with Gasteiger partial charge in [0, 0.05) is 13.0 Å². The highest BCUT2D eigenvalue weighted by Gasteiger charge is 2.40. The van der Waals surface area contributed by atoms with Crippen LogP contribution in [0.15, 0.2) is 12.4 Å². The normalized spacial score (nSPS) is 21.4. The van der Waals surface area contributed by atoms with Gasteiger partial charge in [0.25, 0.3) is 5.95 Å². The summed E-state index contributed by atoms with van der Waals surface area (Å²) in [5.41, 5.74) is 0. The Morgan fingerprint density at radius 2 is 2.19 bits per heavy atom. The van der Waals surface area contributed by atoms with Gasteiger partial charge in [0.2, 0.25) is 5.91 Å². The maximum absolute atomic E-state index is 12.7. The van der Waals surface area contributed by atoms with E-state index in [2.05, 4.69) is 15.2 Å². The second-order valence-electron chi connectivity index (χ2n) is 3.25. The number of carbonyl (C=O) groups is 1. The molecular formula is C7H7FN4O3S. The van der Waals surface area contributed by atoms with Crippen LogP contribution in [0.25, 0.3) is 0 Å². The van der Waals surface area contributed by atoms with Crippen LogP contribution < -0.4 is 4.90 Å². The number of carbonyl (C=O) groups excluding carboxylic acids is 1. The minimum absolute atomic E-state index is 0.0151. The Morgan fingerprint density at radius 1 is 1.44 bits per heavy atom. The van der Waals surface area contributed by atoms with E-state index in [1.54, 1.807) is 0 Å². The molecule has 7 nitrogen and oxygen atoms in total. The summed E-state index contributed by atoms with van der Waals surface area (Å²) < 4.78 is 34.0. The molecule has 0 N–H and O–H groups in total. The molecule has 0 spiro atoms. The molecule has 0 aliphatic carbocycles. The van der Waals surface area contributed by atoms with Crippen LogP contribution in [0.5, 0.6) is 0 Å². The van der Waals surface area contributed by atoms with E-state index < -0.39 is 27.8 Å². The van der Waals surface area contributed by atoms with E-state index in [9.17, 15) is 17.1 Å². The Balaban J connectivity index is 2.25. The van der Waals surface area contributed by atoms with Gasteiger partial charge in [-0.1, -0.05) is 0 Å². The molecule has 0 saturated carbocycles. The van der Waals surface area contributed by atoms with Crippen LogP contribution in [-0.2, 0) is 15.0 Å². The molecule has 2 rings (SSSR count). The van der Waals surface area contributed by atoms with Crippen LogP contribution in [0.3, 0.4) is 0 Å². The Hall–Kier alpha value is -1.64. The van der Waals surface area contributed by atoms with Crippen molar-refractivity contribution in [2.45, 2.75) is 11.7 Å². The molecule has 1 fully saturated rings. The molecule has 1 unspecified atom stereocenters. The zero-order valence-electron chi connectivity index (χ0n) is 7.95. The Kier molecular flexibility index (Phi) is 2.54. The van der Waals surface area contributed by atoms with Gasteiger partial charge in [-0.3, -0.25) is 9.69 Å². The molecule has 1 aromatic heterocycles. The standard InChI is InChI=1S/C7H7FN4O3S/c8-16(14,15)5-3-6(13)12(4-5)7-9-1-2-10-11-7/h1-2,5H,3-4H2. The fourth-order valence-corrected chi connectivity index (χ4v) is 2.09. The maximum atomic E-state index is 12.7. The van der Waals surface area contributed by atoms with Crippen molar-refractivity contribution in [3.05, 3.63) is 12.4 Å². The van der Waals surface area contributed by atoms with E-state index in [0.717, 1.165) is 4.90 Å². The lowest BCUT2D eigenvalue weighted by Gasteiger charge is -2.11. The van der Waals surface area contributed by atoms with Crippen molar-refractivity contribution in [2.24, 2.45) is 0 Å². The zero-order chi connectivity index (χ0) is 11.8. The summed E-state index contributed by atoms with van der Waals surface area (Å²) in [7, 11) is -4.71. The molecule has 0 bridgehead atoms. The number of aromatic nitrogens is 3. The quantitative estimate of drug-likeness (QED) is 0.639. The summed E-state index contributed by atoms with van der Waals surface area (Å²) in [5.74, 6) is -0.544. The Labute approximate surface area is 90.5 Å². The highest BCUT2D eigenvalue weighted by atomic mass is 32.3. The molecule has 0 aromatic carbocycles. The largest absolute Gasteiger partial charge is 0.307 e. The molecule has 9 heteroatoms. The van der Waals surface area contributed by atoms with E-state index in [1.807, 2.05) is 0 Å². The van der Waals surface area contributed by atoms with E-state index in [-0.39, 0.29) is 12.5 Å². The van der Waals surface area contributed by atoms with Crippen molar-refractivity contribution >= 4 is 22.1 Å². The lowest BCUT2D eigenvalue weighted by molar-refractivity contribution is -0.117. The van der Waals surface area contributed by atoms with Crippen LogP contribution in [0.1, 0.15) is 6.42 Å². The summed E-state index contributed by atoms with van der Waals surface area (Å²) in [6.07, 6.45) is 2.23. The number of nitrogens with zero attached hydrogens (tertiary/aromatic N) is 4. The van der Waals surface area contributed by atoms with Gasteiger partial charge in [-0.2, -0.15) is 13.5 Å². The van der Waals surface area contributed by atoms with Crippen LogP contribution >= 0.6 is 0 Å². The SMILES string of the molecule is O=C1CC(S(=O)(=O)F)CN1c1nccnn1. The minimum Gasteiger partial charge on any atom is -0.278 e. The molecule has 1 atom stereocenters. The Morgan fingerprint density at radius 3 is 2.69 bits per heavy atom. The third kappa shape index (κ3) is 1.98. The molecule has 1 saturated heterocycles. The number of anilines is 1. The van der Waals surface area contributed by atoms with Crippen molar-refractivity contribution in [3.63, 3.8) is 0 Å². The van der Waals surface area contributed by atoms with Crippen LogP contribution in [-0.4, -0.2) is 41.3 Å². The third-order valence-electron chi connectivity index (χ3n) is 2.20. The number of amides is 1. The second-order valence-corrected chi connectivity index (χ2v) is 4.87. The topological polar surface area (TPSA) is 93.1 Å². The van der Waals surface area contributed by atoms with Crippen molar-refractivity contribution in [1.82, 2.24) is 15.2 Å². The van der Waals surface area contributed by atoms with Gasteiger partial charge >= 0.3 is 10.2 Å².